The quantitative estimate of drug-likeness (QED) is 0.623. The molecule has 0 saturated heterocycles. The van der Waals surface area contributed by atoms with E-state index in [1.807, 2.05) is 0 Å². The largest absolute Gasteiger partial charge is 0.322 e. The number of rotatable bonds is 2. The van der Waals surface area contributed by atoms with E-state index in [0.29, 0.717) is 0 Å². The van der Waals surface area contributed by atoms with Gasteiger partial charge in [0.25, 0.3) is 0 Å². The molecule has 1 saturated carbocycles. The van der Waals surface area contributed by atoms with Crippen molar-refractivity contribution >= 4 is 5.78 Å². The summed E-state index contributed by atoms with van der Waals surface area (Å²) in [5, 5.41) is 0. The first-order valence-corrected chi connectivity index (χ1v) is 3.86. The average Bonchev–Trinajstić information content (AvgIpc) is 2.36. The zero-order valence-electron chi connectivity index (χ0n) is 6.39. The van der Waals surface area contributed by atoms with E-state index in [9.17, 15) is 4.79 Å². The molecule has 0 aliphatic heterocycles. The second kappa shape index (κ2) is 3.15. The Morgan fingerprint density at radius 2 is 2.00 bits per heavy atom. The van der Waals surface area contributed by atoms with E-state index in [2.05, 4.69) is 0 Å². The molecule has 57 valence electrons. The Balaban J connectivity index is 2.40. The molecule has 0 aromatic carbocycles. The van der Waals surface area contributed by atoms with Crippen LogP contribution in [0.3, 0.4) is 0 Å². The summed E-state index contributed by atoms with van der Waals surface area (Å²) in [4.78, 5) is 11.2. The lowest BCUT2D eigenvalue weighted by molar-refractivity contribution is -0.118. The van der Waals surface area contributed by atoms with Crippen LogP contribution in [0.2, 0.25) is 0 Å². The fraction of sp³-hybridized carbons (Fsp3) is 0.750. The molecule has 0 bridgehead atoms. The number of hydrogen-bond acceptors (Lipinski definition) is 2. The predicted molar refractivity (Wildman–Crippen MR) is 40.4 cm³/mol. The molecule has 0 aromatic heterocycles. The summed E-state index contributed by atoms with van der Waals surface area (Å²) in [6.45, 7) is 1.76. The topological polar surface area (TPSA) is 43.1 Å². The summed E-state index contributed by atoms with van der Waals surface area (Å²) in [5.74, 6) is 1.24. The Morgan fingerprint density at radius 3 is 2.40 bits per heavy atom. The third-order valence-corrected chi connectivity index (χ3v) is 1.97. The molecule has 1 radical (unpaired) electrons. The zero-order chi connectivity index (χ0) is 7.56. The van der Waals surface area contributed by atoms with Crippen LogP contribution < -0.4 is 5.73 Å². The summed E-state index contributed by atoms with van der Waals surface area (Å²) in [6, 6.07) is -0.284. The first-order chi connectivity index (χ1) is 4.72. The Morgan fingerprint density at radius 1 is 1.50 bits per heavy atom. The number of carbonyl (C=O) groups is 1. The molecule has 0 aromatic rings. The Hall–Kier alpha value is -0.370. The van der Waals surface area contributed by atoms with Crippen molar-refractivity contribution in [1.29, 1.82) is 0 Å². The molecule has 2 heteroatoms. The minimum absolute atomic E-state index is 0.178. The van der Waals surface area contributed by atoms with Gasteiger partial charge in [0, 0.05) is 5.92 Å². The monoisotopic (exact) mass is 140 g/mol. The highest BCUT2D eigenvalue weighted by Crippen LogP contribution is 2.27. The minimum Gasteiger partial charge on any atom is -0.322 e. The van der Waals surface area contributed by atoms with Crippen molar-refractivity contribution in [2.24, 2.45) is 5.73 Å². The molecule has 1 atom stereocenters. The molecule has 0 heterocycles. The van der Waals surface area contributed by atoms with E-state index in [4.69, 9.17) is 5.73 Å². The van der Waals surface area contributed by atoms with E-state index in [-0.39, 0.29) is 11.8 Å². The summed E-state index contributed by atoms with van der Waals surface area (Å²) >= 11 is 0. The van der Waals surface area contributed by atoms with Crippen molar-refractivity contribution < 1.29 is 4.79 Å². The first-order valence-electron chi connectivity index (χ1n) is 3.86. The molecule has 1 aliphatic rings. The average molecular weight is 140 g/mol. The number of nitrogens with two attached hydrogens (primary N) is 1. The number of ketones is 1. The molecule has 1 fully saturated rings. The number of hydrogen-bond donors (Lipinski definition) is 1. The van der Waals surface area contributed by atoms with E-state index in [0.717, 1.165) is 18.8 Å². The fourth-order valence-electron chi connectivity index (χ4n) is 1.37. The van der Waals surface area contributed by atoms with E-state index in [1.54, 1.807) is 6.92 Å². The summed E-state index contributed by atoms with van der Waals surface area (Å²) in [5.41, 5.74) is 5.45. The minimum atomic E-state index is -0.284. The summed E-state index contributed by atoms with van der Waals surface area (Å²) in [6.07, 6.45) is 4.32. The Labute approximate surface area is 61.8 Å². The highest BCUT2D eigenvalue weighted by Gasteiger charge is 2.25. The van der Waals surface area contributed by atoms with Crippen molar-refractivity contribution in [3.8, 4) is 0 Å². The van der Waals surface area contributed by atoms with Gasteiger partial charge in [0.2, 0.25) is 0 Å². The van der Waals surface area contributed by atoms with Crippen LogP contribution in [-0.2, 0) is 4.79 Å². The van der Waals surface area contributed by atoms with Gasteiger partial charge < -0.3 is 5.73 Å². The smallest absolute Gasteiger partial charge is 0.156 e. The van der Waals surface area contributed by atoms with Crippen LogP contribution in [0, 0.1) is 5.92 Å². The fourth-order valence-corrected chi connectivity index (χ4v) is 1.37. The third kappa shape index (κ3) is 1.57. The Kier molecular flexibility index (Phi) is 2.44. The second-order valence-corrected chi connectivity index (χ2v) is 2.96. The van der Waals surface area contributed by atoms with Gasteiger partial charge in [-0.2, -0.15) is 0 Å². The van der Waals surface area contributed by atoms with Crippen LogP contribution >= 0.6 is 0 Å². The lowest BCUT2D eigenvalue weighted by atomic mass is 9.98. The molecule has 1 rings (SSSR count). The van der Waals surface area contributed by atoms with Gasteiger partial charge in [-0.15, -0.1) is 0 Å². The highest BCUT2D eigenvalue weighted by atomic mass is 16.1. The maximum atomic E-state index is 11.2. The Bertz CT molecular complexity index is 125. The molecule has 2 nitrogen and oxygen atoms in total. The third-order valence-electron chi connectivity index (χ3n) is 1.97. The van der Waals surface area contributed by atoms with E-state index in [1.165, 1.54) is 12.8 Å². The summed E-state index contributed by atoms with van der Waals surface area (Å²) < 4.78 is 0. The highest BCUT2D eigenvalue weighted by molar-refractivity contribution is 5.96. The normalized spacial score (nSPS) is 23.0. The molecular formula is C8H14NO. The first kappa shape index (κ1) is 7.73. The van der Waals surface area contributed by atoms with Crippen LogP contribution in [0.5, 0.6) is 0 Å². The molecule has 0 amide bonds. The molecule has 0 spiro atoms. The summed E-state index contributed by atoms with van der Waals surface area (Å²) in [7, 11) is 0. The maximum absolute atomic E-state index is 11.2. The van der Waals surface area contributed by atoms with Crippen LogP contribution in [0.25, 0.3) is 0 Å². The van der Waals surface area contributed by atoms with Gasteiger partial charge in [-0.1, -0.05) is 12.8 Å². The second-order valence-electron chi connectivity index (χ2n) is 2.96. The SMILES string of the molecule is C[C@@H](N)C(=O)[C]1CCCC1. The van der Waals surface area contributed by atoms with Gasteiger partial charge in [-0.3, -0.25) is 4.79 Å². The van der Waals surface area contributed by atoms with Crippen LogP contribution in [0.15, 0.2) is 0 Å². The van der Waals surface area contributed by atoms with E-state index >= 15 is 0 Å². The van der Waals surface area contributed by atoms with Gasteiger partial charge in [0.15, 0.2) is 5.78 Å². The number of Topliss-reactive ketones (excluding diaryl/α,β-unsaturated/α-hetero) is 1. The lowest BCUT2D eigenvalue weighted by Gasteiger charge is -2.08. The zero-order valence-corrected chi connectivity index (χ0v) is 6.39. The van der Waals surface area contributed by atoms with E-state index < -0.39 is 0 Å². The lowest BCUT2D eigenvalue weighted by Crippen LogP contribution is -2.30. The predicted octanol–water partition coefficient (Wildman–Crippen LogP) is 1.05. The van der Waals surface area contributed by atoms with Gasteiger partial charge in [-0.25, -0.2) is 0 Å². The van der Waals surface area contributed by atoms with Crippen molar-refractivity contribution in [2.45, 2.75) is 38.6 Å². The van der Waals surface area contributed by atoms with Crippen molar-refractivity contribution in [2.75, 3.05) is 0 Å². The standard InChI is InChI=1S/C8H14NO/c1-6(9)8(10)7-4-2-3-5-7/h6H,2-5,9H2,1H3/t6-/m1/s1. The van der Waals surface area contributed by atoms with Gasteiger partial charge in [-0.05, 0) is 19.8 Å². The molecule has 1 aliphatic carbocycles. The maximum Gasteiger partial charge on any atom is 0.156 e. The van der Waals surface area contributed by atoms with Gasteiger partial charge in [0.1, 0.15) is 0 Å². The van der Waals surface area contributed by atoms with Gasteiger partial charge in [0.05, 0.1) is 6.04 Å². The van der Waals surface area contributed by atoms with Crippen molar-refractivity contribution in [3.05, 3.63) is 5.92 Å². The van der Waals surface area contributed by atoms with Crippen LogP contribution in [0.1, 0.15) is 32.6 Å². The number of carbonyl (C=O) groups excluding carboxylic acids is 1. The van der Waals surface area contributed by atoms with Crippen LogP contribution in [-0.4, -0.2) is 11.8 Å². The van der Waals surface area contributed by atoms with Crippen LogP contribution in [0.4, 0.5) is 0 Å². The molecular weight excluding hydrogens is 126 g/mol. The van der Waals surface area contributed by atoms with Crippen molar-refractivity contribution in [1.82, 2.24) is 0 Å². The molecule has 10 heavy (non-hydrogen) atoms. The molecule has 2 N–H and O–H groups in total. The van der Waals surface area contributed by atoms with Crippen molar-refractivity contribution in [3.63, 3.8) is 0 Å². The van der Waals surface area contributed by atoms with Gasteiger partial charge >= 0.3 is 0 Å². The molecule has 0 unspecified atom stereocenters.